The zero-order valence-electron chi connectivity index (χ0n) is 10.9. The van der Waals surface area contributed by atoms with Crippen LogP contribution in [0.25, 0.3) is 0 Å². The van der Waals surface area contributed by atoms with Crippen LogP contribution in [0.4, 0.5) is 0 Å². The molecular weight excluding hydrogens is 248 g/mol. The number of rotatable bonds is 4. The lowest BCUT2D eigenvalue weighted by molar-refractivity contribution is -0.119. The molecule has 0 saturated carbocycles. The lowest BCUT2D eigenvalue weighted by Gasteiger charge is -2.16. The van der Waals surface area contributed by atoms with Crippen molar-refractivity contribution in [2.45, 2.75) is 32.9 Å². The Morgan fingerprint density at radius 3 is 2.44 bits per heavy atom. The quantitative estimate of drug-likeness (QED) is 0.445. The number of Topliss-reactive ketones (excluding diaryl/α,β-unsaturated/α-hetero) is 1. The Morgan fingerprint density at radius 2 is 1.94 bits per heavy atom. The number of hydrogen-bond acceptors (Lipinski definition) is 4. The van der Waals surface area contributed by atoms with Gasteiger partial charge in [-0.3, -0.25) is 14.4 Å². The number of thioether (sulfide) groups is 1. The van der Waals surface area contributed by atoms with Gasteiger partial charge in [0.2, 0.25) is 0 Å². The van der Waals surface area contributed by atoms with Crippen LogP contribution in [-0.2, 0) is 14.4 Å². The zero-order chi connectivity index (χ0) is 13.9. The highest BCUT2D eigenvalue weighted by molar-refractivity contribution is 8.04. The van der Waals surface area contributed by atoms with E-state index in [2.05, 4.69) is 0 Å². The van der Waals surface area contributed by atoms with Crippen molar-refractivity contribution in [3.05, 3.63) is 34.3 Å². The third-order valence-electron chi connectivity index (χ3n) is 2.30. The molecule has 0 atom stereocenters. The highest BCUT2D eigenvalue weighted by Gasteiger charge is 2.30. The summed E-state index contributed by atoms with van der Waals surface area (Å²) < 4.78 is 0. The van der Waals surface area contributed by atoms with Gasteiger partial charge >= 0.3 is 0 Å². The van der Waals surface area contributed by atoms with E-state index in [4.69, 9.17) is 0 Å². The van der Waals surface area contributed by atoms with E-state index in [0.717, 1.165) is 0 Å². The molecule has 96 valence electrons. The van der Waals surface area contributed by atoms with Crippen LogP contribution in [-0.4, -0.2) is 22.6 Å². The molecule has 0 aromatic rings. The highest BCUT2D eigenvalue weighted by Crippen LogP contribution is 2.31. The fourth-order valence-corrected chi connectivity index (χ4v) is 2.61. The molecule has 0 bridgehead atoms. The van der Waals surface area contributed by atoms with Crippen LogP contribution < -0.4 is 0 Å². The molecule has 3 nitrogen and oxygen atoms in total. The van der Waals surface area contributed by atoms with Gasteiger partial charge in [0.25, 0.3) is 0 Å². The number of carbonyl (C=O) groups is 3. The topological polar surface area (TPSA) is 51.2 Å². The number of ketones is 3. The molecule has 0 spiro atoms. The van der Waals surface area contributed by atoms with Crippen LogP contribution in [0.2, 0.25) is 0 Å². The zero-order valence-corrected chi connectivity index (χ0v) is 11.8. The first-order valence-corrected chi connectivity index (χ1v) is 6.61. The standard InChI is InChI=1S/C14H16O3S/c1-5-6-10(15)12-11(16)7-9(4)13(17)14(12)18-8(2)3/h5-8H,1-4H3/b6-5+. The second-order valence-electron chi connectivity index (χ2n) is 4.26. The van der Waals surface area contributed by atoms with E-state index in [1.54, 1.807) is 19.9 Å². The summed E-state index contributed by atoms with van der Waals surface area (Å²) in [6, 6.07) is 0. The third kappa shape index (κ3) is 3.07. The summed E-state index contributed by atoms with van der Waals surface area (Å²) in [6.07, 6.45) is 4.12. The van der Waals surface area contributed by atoms with Crippen LogP contribution >= 0.6 is 11.8 Å². The van der Waals surface area contributed by atoms with Gasteiger partial charge in [-0.25, -0.2) is 0 Å². The molecular formula is C14H16O3S. The molecule has 0 aliphatic heterocycles. The van der Waals surface area contributed by atoms with E-state index in [1.165, 1.54) is 23.9 Å². The van der Waals surface area contributed by atoms with Crippen molar-refractivity contribution in [1.29, 1.82) is 0 Å². The minimum absolute atomic E-state index is 0.00222. The van der Waals surface area contributed by atoms with Gasteiger partial charge in [-0.15, -0.1) is 11.8 Å². The van der Waals surface area contributed by atoms with Gasteiger partial charge in [0.15, 0.2) is 17.3 Å². The third-order valence-corrected chi connectivity index (χ3v) is 3.40. The van der Waals surface area contributed by atoms with Crippen LogP contribution in [0.3, 0.4) is 0 Å². The fourth-order valence-electron chi connectivity index (χ4n) is 1.56. The molecule has 0 aromatic carbocycles. The van der Waals surface area contributed by atoms with Crippen LogP contribution in [0.15, 0.2) is 34.3 Å². The fraction of sp³-hybridized carbons (Fsp3) is 0.357. The molecule has 4 heteroatoms. The molecule has 0 N–H and O–H groups in total. The molecule has 0 aromatic heterocycles. The summed E-state index contributed by atoms with van der Waals surface area (Å²) in [5.41, 5.74) is 0.391. The van der Waals surface area contributed by atoms with Crippen molar-refractivity contribution in [2.24, 2.45) is 0 Å². The minimum Gasteiger partial charge on any atom is -0.289 e. The molecule has 1 rings (SSSR count). The summed E-state index contributed by atoms with van der Waals surface area (Å²) in [5.74, 6) is -0.998. The minimum atomic E-state index is -0.400. The van der Waals surface area contributed by atoms with Crippen molar-refractivity contribution >= 4 is 29.1 Å². The average molecular weight is 264 g/mol. The van der Waals surface area contributed by atoms with Gasteiger partial charge in [-0.1, -0.05) is 19.9 Å². The number of allylic oxidation sites excluding steroid dienone is 6. The van der Waals surface area contributed by atoms with E-state index < -0.39 is 5.78 Å². The van der Waals surface area contributed by atoms with E-state index in [1.807, 2.05) is 13.8 Å². The highest BCUT2D eigenvalue weighted by atomic mass is 32.2. The van der Waals surface area contributed by atoms with Gasteiger partial charge < -0.3 is 0 Å². The Kier molecular flexibility index (Phi) is 4.84. The molecule has 18 heavy (non-hydrogen) atoms. The Labute approximate surface area is 111 Å². The molecule has 1 aliphatic carbocycles. The van der Waals surface area contributed by atoms with Crippen molar-refractivity contribution in [2.75, 3.05) is 0 Å². The Bertz CT molecular complexity index is 483. The first kappa shape index (κ1) is 14.6. The maximum absolute atomic E-state index is 12.0. The summed E-state index contributed by atoms with van der Waals surface area (Å²) in [7, 11) is 0. The molecule has 0 saturated heterocycles. The lowest BCUT2D eigenvalue weighted by Crippen LogP contribution is -2.22. The van der Waals surface area contributed by atoms with Crippen LogP contribution in [0, 0.1) is 0 Å². The maximum Gasteiger partial charge on any atom is 0.196 e. The van der Waals surface area contributed by atoms with Gasteiger partial charge in [0.1, 0.15) is 0 Å². The number of hydrogen-bond donors (Lipinski definition) is 0. The smallest absolute Gasteiger partial charge is 0.196 e. The van der Waals surface area contributed by atoms with Crippen molar-refractivity contribution in [3.63, 3.8) is 0 Å². The van der Waals surface area contributed by atoms with Crippen LogP contribution in [0.1, 0.15) is 27.7 Å². The molecule has 0 unspecified atom stereocenters. The Morgan fingerprint density at radius 1 is 1.33 bits per heavy atom. The van der Waals surface area contributed by atoms with E-state index >= 15 is 0 Å². The van der Waals surface area contributed by atoms with E-state index in [0.29, 0.717) is 5.57 Å². The number of carbonyl (C=O) groups excluding carboxylic acids is 3. The van der Waals surface area contributed by atoms with E-state index in [9.17, 15) is 14.4 Å². The average Bonchev–Trinajstić information content (AvgIpc) is 2.25. The summed E-state index contributed by atoms with van der Waals surface area (Å²) >= 11 is 1.27. The van der Waals surface area contributed by atoms with Crippen molar-refractivity contribution < 1.29 is 14.4 Å². The molecule has 0 fully saturated rings. The maximum atomic E-state index is 12.0. The molecule has 0 radical (unpaired) electrons. The molecule has 0 amide bonds. The van der Waals surface area contributed by atoms with Gasteiger partial charge in [-0.2, -0.15) is 0 Å². The molecule has 0 heterocycles. The predicted molar refractivity (Wildman–Crippen MR) is 73.3 cm³/mol. The van der Waals surface area contributed by atoms with Crippen molar-refractivity contribution in [1.82, 2.24) is 0 Å². The second-order valence-corrected chi connectivity index (χ2v) is 5.84. The first-order chi connectivity index (χ1) is 8.38. The normalized spacial score (nSPS) is 16.8. The summed E-state index contributed by atoms with van der Waals surface area (Å²) in [4.78, 5) is 36.1. The van der Waals surface area contributed by atoms with Crippen LogP contribution in [0.5, 0.6) is 0 Å². The van der Waals surface area contributed by atoms with Gasteiger partial charge in [0.05, 0.1) is 10.5 Å². The second kappa shape index (κ2) is 5.96. The Hall–Kier alpha value is -1.42. The van der Waals surface area contributed by atoms with Gasteiger partial charge in [0, 0.05) is 10.8 Å². The van der Waals surface area contributed by atoms with Crippen molar-refractivity contribution in [3.8, 4) is 0 Å². The lowest BCUT2D eigenvalue weighted by atomic mass is 9.95. The summed E-state index contributed by atoms with van der Waals surface area (Å²) in [6.45, 7) is 7.13. The summed E-state index contributed by atoms with van der Waals surface area (Å²) in [5, 5.41) is 0.135. The largest absolute Gasteiger partial charge is 0.289 e. The SMILES string of the molecule is C/C=C/C(=O)C1=C(SC(C)C)C(=O)C(C)=CC1=O. The first-order valence-electron chi connectivity index (χ1n) is 5.73. The van der Waals surface area contributed by atoms with E-state index in [-0.39, 0.29) is 27.3 Å². The Balaban J connectivity index is 3.32. The predicted octanol–water partition coefficient (Wildman–Crippen LogP) is 2.63. The van der Waals surface area contributed by atoms with Gasteiger partial charge in [-0.05, 0) is 26.0 Å². The molecule has 1 aliphatic rings. The monoisotopic (exact) mass is 264 g/mol.